The van der Waals surface area contributed by atoms with Crippen molar-refractivity contribution in [3.8, 4) is 0 Å². The van der Waals surface area contributed by atoms with Crippen molar-refractivity contribution >= 4 is 28.9 Å². The number of thiazole rings is 1. The molecule has 1 amide bonds. The maximum atomic E-state index is 11.9. The van der Waals surface area contributed by atoms with Gasteiger partial charge >= 0.3 is 10.8 Å². The number of para-hydroxylation sites is 1. The highest BCUT2D eigenvalue weighted by Gasteiger charge is 2.12. The van der Waals surface area contributed by atoms with Gasteiger partial charge in [0.15, 0.2) is 6.61 Å². The average Bonchev–Trinajstić information content (AvgIpc) is 2.85. The molecule has 1 N–H and O–H groups in total. The Bertz CT molecular complexity index is 763. The molecule has 0 saturated carbocycles. The molecule has 1 aromatic carbocycles. The fraction of sp³-hybridized carbons (Fsp3) is 0.312. The van der Waals surface area contributed by atoms with Gasteiger partial charge in [-0.2, -0.15) is 0 Å². The van der Waals surface area contributed by atoms with Crippen molar-refractivity contribution in [2.75, 3.05) is 11.9 Å². The number of benzene rings is 1. The Balaban J connectivity index is 1.87. The Hall–Kier alpha value is -2.41. The first-order valence-corrected chi connectivity index (χ1v) is 8.07. The van der Waals surface area contributed by atoms with Gasteiger partial charge in [-0.25, -0.2) is 0 Å². The van der Waals surface area contributed by atoms with Crippen LogP contribution in [0.4, 0.5) is 5.69 Å². The van der Waals surface area contributed by atoms with Crippen LogP contribution in [0.5, 0.6) is 0 Å². The number of anilines is 1. The molecule has 0 bridgehead atoms. The van der Waals surface area contributed by atoms with Crippen LogP contribution in [0.15, 0.2) is 34.4 Å². The molecule has 0 unspecified atom stereocenters. The van der Waals surface area contributed by atoms with Crippen LogP contribution in [0.25, 0.3) is 0 Å². The van der Waals surface area contributed by atoms with Gasteiger partial charge in [0.25, 0.3) is 5.91 Å². The van der Waals surface area contributed by atoms with E-state index in [1.807, 2.05) is 25.1 Å². The van der Waals surface area contributed by atoms with Gasteiger partial charge < -0.3 is 10.1 Å². The molecule has 1 heterocycles. The number of ether oxygens (including phenoxy) is 1. The molecule has 122 valence electrons. The zero-order valence-corrected chi connectivity index (χ0v) is 13.8. The Morgan fingerprint density at radius 3 is 2.70 bits per heavy atom. The van der Waals surface area contributed by atoms with Crippen molar-refractivity contribution < 1.29 is 14.3 Å². The number of aryl methyl sites for hydroxylation is 2. The Morgan fingerprint density at radius 1 is 1.30 bits per heavy atom. The molecular formula is C16H18N2O4S. The summed E-state index contributed by atoms with van der Waals surface area (Å²) in [5, 5.41) is 4.39. The van der Waals surface area contributed by atoms with Crippen molar-refractivity contribution in [1.29, 1.82) is 0 Å². The fourth-order valence-electron chi connectivity index (χ4n) is 2.05. The third-order valence-electron chi connectivity index (χ3n) is 3.30. The molecule has 0 aliphatic heterocycles. The van der Waals surface area contributed by atoms with Gasteiger partial charge in [-0.15, -0.1) is 0 Å². The standard InChI is InChI=1S/C16H18N2O4S/c1-3-12-6-4-5-7-13(12)17-14(19)9-22-15(20)8-18-11(2)10-23-16(18)21/h4-7,10H,3,8-9H2,1-2H3,(H,17,19). The second kappa shape index (κ2) is 7.73. The van der Waals surface area contributed by atoms with E-state index in [0.717, 1.165) is 23.3 Å². The Kier molecular flexibility index (Phi) is 5.70. The van der Waals surface area contributed by atoms with Crippen LogP contribution in [0, 0.1) is 6.92 Å². The molecular weight excluding hydrogens is 316 g/mol. The highest BCUT2D eigenvalue weighted by atomic mass is 32.1. The second-order valence-electron chi connectivity index (χ2n) is 4.95. The largest absolute Gasteiger partial charge is 0.454 e. The third-order valence-corrected chi connectivity index (χ3v) is 4.18. The maximum absolute atomic E-state index is 11.9. The first-order valence-electron chi connectivity index (χ1n) is 7.19. The second-order valence-corrected chi connectivity index (χ2v) is 5.77. The van der Waals surface area contributed by atoms with Crippen LogP contribution in [-0.4, -0.2) is 23.1 Å². The van der Waals surface area contributed by atoms with E-state index in [4.69, 9.17) is 4.74 Å². The zero-order chi connectivity index (χ0) is 16.8. The summed E-state index contributed by atoms with van der Waals surface area (Å²) in [6.45, 7) is 3.16. The summed E-state index contributed by atoms with van der Waals surface area (Å²) < 4.78 is 6.24. The Labute approximate surface area is 137 Å². The zero-order valence-electron chi connectivity index (χ0n) is 13.0. The van der Waals surface area contributed by atoms with Crippen molar-refractivity contribution in [2.45, 2.75) is 26.8 Å². The number of rotatable bonds is 6. The van der Waals surface area contributed by atoms with Crippen LogP contribution >= 0.6 is 11.3 Å². The molecule has 0 aliphatic rings. The van der Waals surface area contributed by atoms with Gasteiger partial charge in [-0.1, -0.05) is 36.5 Å². The van der Waals surface area contributed by atoms with Crippen molar-refractivity contribution in [3.63, 3.8) is 0 Å². The van der Waals surface area contributed by atoms with Gasteiger partial charge in [0.2, 0.25) is 0 Å². The number of aromatic nitrogens is 1. The summed E-state index contributed by atoms with van der Waals surface area (Å²) in [7, 11) is 0. The molecule has 0 atom stereocenters. The number of carbonyl (C=O) groups excluding carboxylic acids is 2. The van der Waals surface area contributed by atoms with E-state index < -0.39 is 11.9 Å². The number of amides is 1. The molecule has 0 spiro atoms. The van der Waals surface area contributed by atoms with Crippen LogP contribution < -0.4 is 10.2 Å². The molecule has 7 heteroatoms. The lowest BCUT2D eigenvalue weighted by Gasteiger charge is -2.10. The van der Waals surface area contributed by atoms with Gasteiger partial charge in [-0.05, 0) is 25.0 Å². The molecule has 2 aromatic rings. The summed E-state index contributed by atoms with van der Waals surface area (Å²) in [4.78, 5) is 34.9. The molecule has 0 saturated heterocycles. The van der Waals surface area contributed by atoms with Crippen molar-refractivity contribution in [3.05, 3.63) is 50.6 Å². The molecule has 0 radical (unpaired) electrons. The van der Waals surface area contributed by atoms with Gasteiger partial charge in [0.05, 0.1) is 0 Å². The number of nitrogens with zero attached hydrogens (tertiary/aromatic N) is 1. The SMILES string of the molecule is CCc1ccccc1NC(=O)COC(=O)Cn1c(C)csc1=O. The van der Waals surface area contributed by atoms with Crippen molar-refractivity contribution in [2.24, 2.45) is 0 Å². The van der Waals surface area contributed by atoms with E-state index >= 15 is 0 Å². The highest BCUT2D eigenvalue weighted by molar-refractivity contribution is 7.07. The predicted molar refractivity (Wildman–Crippen MR) is 88.7 cm³/mol. The molecule has 2 rings (SSSR count). The minimum Gasteiger partial charge on any atom is -0.454 e. The summed E-state index contributed by atoms with van der Waals surface area (Å²) in [5.41, 5.74) is 2.41. The van der Waals surface area contributed by atoms with Gasteiger partial charge in [0, 0.05) is 16.8 Å². The van der Waals surface area contributed by atoms with E-state index in [1.165, 1.54) is 4.57 Å². The van der Waals surface area contributed by atoms with E-state index in [9.17, 15) is 14.4 Å². The first-order chi connectivity index (χ1) is 11.0. The van der Waals surface area contributed by atoms with E-state index in [0.29, 0.717) is 11.4 Å². The average molecular weight is 334 g/mol. The summed E-state index contributed by atoms with van der Waals surface area (Å²) in [5.74, 6) is -1.03. The highest BCUT2D eigenvalue weighted by Crippen LogP contribution is 2.15. The van der Waals surface area contributed by atoms with Crippen LogP contribution in [-0.2, 0) is 27.3 Å². The van der Waals surface area contributed by atoms with Crippen LogP contribution in [0.1, 0.15) is 18.2 Å². The lowest BCUT2D eigenvalue weighted by molar-refractivity contribution is -0.147. The fourth-order valence-corrected chi connectivity index (χ4v) is 2.79. The monoisotopic (exact) mass is 334 g/mol. The lowest BCUT2D eigenvalue weighted by Crippen LogP contribution is -2.26. The summed E-state index contributed by atoms with van der Waals surface area (Å²) >= 11 is 1.02. The van der Waals surface area contributed by atoms with Crippen molar-refractivity contribution in [1.82, 2.24) is 4.57 Å². The van der Waals surface area contributed by atoms with E-state index in [-0.39, 0.29) is 18.0 Å². The maximum Gasteiger partial charge on any atom is 0.326 e. The molecule has 0 fully saturated rings. The third kappa shape index (κ3) is 4.53. The number of nitrogens with one attached hydrogen (secondary N) is 1. The number of esters is 1. The van der Waals surface area contributed by atoms with Crippen LogP contribution in [0.2, 0.25) is 0 Å². The lowest BCUT2D eigenvalue weighted by atomic mass is 10.1. The molecule has 23 heavy (non-hydrogen) atoms. The van der Waals surface area contributed by atoms with Crippen LogP contribution in [0.3, 0.4) is 0 Å². The van der Waals surface area contributed by atoms with E-state index in [1.54, 1.807) is 18.4 Å². The Morgan fingerprint density at radius 2 is 2.04 bits per heavy atom. The normalized spacial score (nSPS) is 10.3. The quantitative estimate of drug-likeness (QED) is 0.819. The first kappa shape index (κ1) is 17.0. The number of hydrogen-bond acceptors (Lipinski definition) is 5. The minimum absolute atomic E-state index is 0.188. The van der Waals surface area contributed by atoms with E-state index in [2.05, 4.69) is 5.32 Å². The molecule has 6 nitrogen and oxygen atoms in total. The van der Waals surface area contributed by atoms with Gasteiger partial charge in [-0.3, -0.25) is 19.0 Å². The number of carbonyl (C=O) groups is 2. The number of hydrogen-bond donors (Lipinski definition) is 1. The van der Waals surface area contributed by atoms with Gasteiger partial charge in [0.1, 0.15) is 6.54 Å². The smallest absolute Gasteiger partial charge is 0.326 e. The molecule has 1 aromatic heterocycles. The topological polar surface area (TPSA) is 77.4 Å². The molecule has 0 aliphatic carbocycles. The summed E-state index contributed by atoms with van der Waals surface area (Å²) in [6.07, 6.45) is 0.788. The predicted octanol–water partition coefficient (Wildman–Crippen LogP) is 1.96. The minimum atomic E-state index is -0.618. The summed E-state index contributed by atoms with van der Waals surface area (Å²) in [6, 6.07) is 7.45.